The van der Waals surface area contributed by atoms with Crippen LogP contribution in [-0.4, -0.2) is 52.4 Å². The van der Waals surface area contributed by atoms with Crippen molar-refractivity contribution in [3.8, 4) is 0 Å². The monoisotopic (exact) mass is 312 g/mol. The van der Waals surface area contributed by atoms with Crippen LogP contribution in [-0.2, 0) is 4.79 Å². The number of likely N-dealkylation sites (tertiary alicyclic amines) is 1. The molecule has 7 heteroatoms. The van der Waals surface area contributed by atoms with Crippen molar-refractivity contribution >= 4 is 17.5 Å². The maximum Gasteiger partial charge on any atom is 0.236 e. The molecular formula is C16H20N6O. The molecule has 0 aliphatic carbocycles. The van der Waals surface area contributed by atoms with Crippen molar-refractivity contribution in [3.63, 3.8) is 0 Å². The molecule has 3 rings (SSSR count). The molecule has 0 radical (unpaired) electrons. The van der Waals surface area contributed by atoms with E-state index in [0.717, 1.165) is 17.3 Å². The van der Waals surface area contributed by atoms with Crippen LogP contribution in [0.4, 0.5) is 11.6 Å². The van der Waals surface area contributed by atoms with E-state index in [1.54, 1.807) is 13.2 Å². The fraction of sp³-hybridized carbons (Fsp3) is 0.375. The lowest BCUT2D eigenvalue weighted by Gasteiger charge is -2.39. The van der Waals surface area contributed by atoms with E-state index in [1.165, 1.54) is 0 Å². The summed E-state index contributed by atoms with van der Waals surface area (Å²) < 4.78 is 0. The largest absolute Gasteiger partial charge is 0.340 e. The van der Waals surface area contributed by atoms with Crippen molar-refractivity contribution in [2.75, 3.05) is 32.0 Å². The highest BCUT2D eigenvalue weighted by atomic mass is 16.2. The Kier molecular flexibility index (Phi) is 4.47. The van der Waals surface area contributed by atoms with Crippen molar-refractivity contribution in [3.05, 3.63) is 42.0 Å². The van der Waals surface area contributed by atoms with Gasteiger partial charge in [0.05, 0.1) is 12.2 Å². The number of carbonyl (C=O) groups is 1. The van der Waals surface area contributed by atoms with E-state index in [-0.39, 0.29) is 11.8 Å². The van der Waals surface area contributed by atoms with Gasteiger partial charge in [0.25, 0.3) is 0 Å². The Balaban J connectivity index is 1.68. The summed E-state index contributed by atoms with van der Waals surface area (Å²) in [6.45, 7) is 3.66. The standard InChI is InChI=1S/C16H20N6O/c1-11-19-13(12-9-22(10-12)16(23)8-17-2)7-15(20-11)21-14-5-3-4-6-18-14/h3-7,12,17H,8-10H2,1-2H3,(H,18,19,20,21). The lowest BCUT2D eigenvalue weighted by atomic mass is 9.95. The molecule has 0 aromatic carbocycles. The predicted octanol–water partition coefficient (Wildman–Crippen LogP) is 1.07. The van der Waals surface area contributed by atoms with Gasteiger partial charge in [-0.1, -0.05) is 6.07 Å². The summed E-state index contributed by atoms with van der Waals surface area (Å²) in [5, 5.41) is 6.07. The molecule has 2 aromatic heterocycles. The van der Waals surface area contributed by atoms with Gasteiger partial charge in [0.1, 0.15) is 17.5 Å². The Morgan fingerprint density at radius 1 is 1.30 bits per heavy atom. The molecule has 1 saturated heterocycles. The summed E-state index contributed by atoms with van der Waals surface area (Å²) in [5.74, 6) is 2.58. The maximum absolute atomic E-state index is 11.8. The highest BCUT2D eigenvalue weighted by molar-refractivity contribution is 5.79. The minimum atomic E-state index is 0.126. The number of anilines is 2. The minimum Gasteiger partial charge on any atom is -0.340 e. The van der Waals surface area contributed by atoms with E-state index >= 15 is 0 Å². The van der Waals surface area contributed by atoms with Gasteiger partial charge in [0.2, 0.25) is 5.91 Å². The molecule has 2 aromatic rings. The number of amides is 1. The molecule has 0 spiro atoms. The first-order valence-electron chi connectivity index (χ1n) is 7.61. The third-order valence-electron chi connectivity index (χ3n) is 3.76. The summed E-state index contributed by atoms with van der Waals surface area (Å²) in [6, 6.07) is 7.61. The van der Waals surface area contributed by atoms with E-state index in [9.17, 15) is 4.79 Å². The van der Waals surface area contributed by atoms with Crippen LogP contribution in [0.1, 0.15) is 17.4 Å². The fourth-order valence-corrected chi connectivity index (χ4v) is 2.56. The topological polar surface area (TPSA) is 83.0 Å². The van der Waals surface area contributed by atoms with Gasteiger partial charge < -0.3 is 15.5 Å². The smallest absolute Gasteiger partial charge is 0.236 e. The lowest BCUT2D eigenvalue weighted by Crippen LogP contribution is -2.51. The molecule has 7 nitrogen and oxygen atoms in total. The highest BCUT2D eigenvalue weighted by Gasteiger charge is 2.32. The number of carbonyl (C=O) groups excluding carboxylic acids is 1. The zero-order valence-corrected chi connectivity index (χ0v) is 13.3. The average Bonchev–Trinajstić information content (AvgIpc) is 2.46. The van der Waals surface area contributed by atoms with E-state index < -0.39 is 0 Å². The van der Waals surface area contributed by atoms with Crippen molar-refractivity contribution in [2.45, 2.75) is 12.8 Å². The lowest BCUT2D eigenvalue weighted by molar-refractivity contribution is -0.134. The molecule has 120 valence electrons. The van der Waals surface area contributed by atoms with Crippen LogP contribution >= 0.6 is 0 Å². The zero-order chi connectivity index (χ0) is 16.2. The second kappa shape index (κ2) is 6.70. The molecule has 0 atom stereocenters. The Hall–Kier alpha value is -2.54. The number of rotatable bonds is 5. The van der Waals surface area contributed by atoms with Crippen molar-refractivity contribution in [1.82, 2.24) is 25.2 Å². The van der Waals surface area contributed by atoms with Gasteiger partial charge in [-0.15, -0.1) is 0 Å². The third kappa shape index (κ3) is 3.62. The van der Waals surface area contributed by atoms with Crippen LogP contribution in [0, 0.1) is 6.92 Å². The van der Waals surface area contributed by atoms with Crippen LogP contribution in [0.15, 0.2) is 30.5 Å². The third-order valence-corrected chi connectivity index (χ3v) is 3.76. The van der Waals surface area contributed by atoms with Gasteiger partial charge in [-0.25, -0.2) is 15.0 Å². The summed E-state index contributed by atoms with van der Waals surface area (Å²) in [4.78, 5) is 26.8. The molecule has 3 heterocycles. The Morgan fingerprint density at radius 2 is 2.13 bits per heavy atom. The van der Waals surface area contributed by atoms with Crippen molar-refractivity contribution < 1.29 is 4.79 Å². The molecule has 23 heavy (non-hydrogen) atoms. The van der Waals surface area contributed by atoms with Crippen LogP contribution < -0.4 is 10.6 Å². The highest BCUT2D eigenvalue weighted by Crippen LogP contribution is 2.27. The average molecular weight is 312 g/mol. The Labute approximate surface area is 135 Å². The Morgan fingerprint density at radius 3 is 2.83 bits per heavy atom. The summed E-state index contributed by atoms with van der Waals surface area (Å²) in [7, 11) is 1.78. The normalized spacial score (nSPS) is 14.4. The number of pyridine rings is 1. The van der Waals surface area contributed by atoms with Gasteiger partial charge in [-0.3, -0.25) is 4.79 Å². The molecule has 1 aliphatic heterocycles. The number of hydrogen-bond donors (Lipinski definition) is 2. The predicted molar refractivity (Wildman–Crippen MR) is 87.5 cm³/mol. The van der Waals surface area contributed by atoms with Gasteiger partial charge in [-0.2, -0.15) is 0 Å². The van der Waals surface area contributed by atoms with Crippen LogP contribution in [0.3, 0.4) is 0 Å². The molecule has 2 N–H and O–H groups in total. The molecule has 1 aliphatic rings. The number of likely N-dealkylation sites (N-methyl/N-ethyl adjacent to an activating group) is 1. The molecule has 0 bridgehead atoms. The van der Waals surface area contributed by atoms with Gasteiger partial charge in [0.15, 0.2) is 0 Å². The van der Waals surface area contributed by atoms with Gasteiger partial charge in [-0.05, 0) is 26.1 Å². The number of hydrogen-bond acceptors (Lipinski definition) is 6. The van der Waals surface area contributed by atoms with Crippen LogP contribution in [0.2, 0.25) is 0 Å². The van der Waals surface area contributed by atoms with E-state index in [4.69, 9.17) is 0 Å². The summed E-state index contributed by atoms with van der Waals surface area (Å²) in [6.07, 6.45) is 1.73. The van der Waals surface area contributed by atoms with Gasteiger partial charge >= 0.3 is 0 Å². The SMILES string of the molecule is CNCC(=O)N1CC(c2cc(Nc3ccccn3)nc(C)n2)C1. The maximum atomic E-state index is 11.8. The zero-order valence-electron chi connectivity index (χ0n) is 13.3. The van der Waals surface area contributed by atoms with Crippen molar-refractivity contribution in [2.24, 2.45) is 0 Å². The number of nitrogens with one attached hydrogen (secondary N) is 2. The summed E-state index contributed by atoms with van der Waals surface area (Å²) >= 11 is 0. The number of aryl methyl sites for hydroxylation is 1. The minimum absolute atomic E-state index is 0.126. The molecule has 1 fully saturated rings. The molecule has 0 unspecified atom stereocenters. The van der Waals surface area contributed by atoms with E-state index in [2.05, 4.69) is 25.6 Å². The number of aromatic nitrogens is 3. The first-order valence-corrected chi connectivity index (χ1v) is 7.61. The van der Waals surface area contributed by atoms with E-state index in [1.807, 2.05) is 36.1 Å². The van der Waals surface area contributed by atoms with E-state index in [0.29, 0.717) is 25.5 Å². The molecular weight excluding hydrogens is 292 g/mol. The second-order valence-electron chi connectivity index (χ2n) is 5.59. The first-order chi connectivity index (χ1) is 11.2. The first kappa shape index (κ1) is 15.4. The van der Waals surface area contributed by atoms with Crippen LogP contribution in [0.25, 0.3) is 0 Å². The summed E-state index contributed by atoms with van der Waals surface area (Å²) in [5.41, 5.74) is 0.962. The fourth-order valence-electron chi connectivity index (χ4n) is 2.56. The second-order valence-corrected chi connectivity index (χ2v) is 5.59. The van der Waals surface area contributed by atoms with Gasteiger partial charge in [0, 0.05) is 31.3 Å². The van der Waals surface area contributed by atoms with Crippen molar-refractivity contribution in [1.29, 1.82) is 0 Å². The molecule has 1 amide bonds. The quantitative estimate of drug-likeness (QED) is 0.859. The van der Waals surface area contributed by atoms with Crippen LogP contribution in [0.5, 0.6) is 0 Å². The molecule has 0 saturated carbocycles. The number of nitrogens with zero attached hydrogens (tertiary/aromatic N) is 4. The Bertz CT molecular complexity index is 684.